The smallest absolute Gasteiger partial charge is 0.111 e. The average Bonchev–Trinajstić information content (AvgIpc) is 1.91. The van der Waals surface area contributed by atoms with Crippen molar-refractivity contribution in [2.75, 3.05) is 19.6 Å². The monoisotopic (exact) mass is 145 g/mol. The van der Waals surface area contributed by atoms with Gasteiger partial charge in [-0.3, -0.25) is 10.2 Å². The number of nitrogens with two attached hydrogens (primary N) is 1. The molecule has 10 heavy (non-hydrogen) atoms. The van der Waals surface area contributed by atoms with Crippen molar-refractivity contribution in [1.82, 2.24) is 10.2 Å². The minimum absolute atomic E-state index is 0.0278. The lowest BCUT2D eigenvalue weighted by molar-refractivity contribution is 0.189. The Morgan fingerprint density at radius 2 is 1.80 bits per heavy atom. The molecule has 0 rings (SSSR count). The highest BCUT2D eigenvalue weighted by Gasteiger charge is 2.06. The van der Waals surface area contributed by atoms with Crippen LogP contribution in [0.3, 0.4) is 0 Å². The van der Waals surface area contributed by atoms with Gasteiger partial charge in [0.15, 0.2) is 0 Å². The summed E-state index contributed by atoms with van der Waals surface area (Å²) in [5.41, 5.74) is 5.76. The SMILES string of the molecule is CCNC(N)N(CC)CC. The van der Waals surface area contributed by atoms with E-state index in [1.54, 1.807) is 0 Å². The summed E-state index contributed by atoms with van der Waals surface area (Å²) in [6, 6.07) is 0. The van der Waals surface area contributed by atoms with Gasteiger partial charge in [0, 0.05) is 0 Å². The molecule has 0 fully saturated rings. The van der Waals surface area contributed by atoms with Crippen LogP contribution in [-0.4, -0.2) is 30.8 Å². The lowest BCUT2D eigenvalue weighted by Gasteiger charge is -2.26. The van der Waals surface area contributed by atoms with Crippen molar-refractivity contribution in [3.05, 3.63) is 0 Å². The highest BCUT2D eigenvalue weighted by Crippen LogP contribution is 1.87. The topological polar surface area (TPSA) is 41.3 Å². The van der Waals surface area contributed by atoms with Gasteiger partial charge >= 0.3 is 0 Å². The maximum atomic E-state index is 5.76. The fourth-order valence-electron chi connectivity index (χ4n) is 0.955. The molecule has 0 bridgehead atoms. The molecule has 3 heteroatoms. The Morgan fingerprint density at radius 3 is 2.10 bits per heavy atom. The van der Waals surface area contributed by atoms with E-state index in [0.29, 0.717) is 0 Å². The zero-order valence-corrected chi connectivity index (χ0v) is 7.22. The lowest BCUT2D eigenvalue weighted by Crippen LogP contribution is -2.51. The molecule has 0 aliphatic heterocycles. The summed E-state index contributed by atoms with van der Waals surface area (Å²) < 4.78 is 0. The first-order valence-corrected chi connectivity index (χ1v) is 3.99. The molecule has 62 valence electrons. The molecule has 0 aromatic carbocycles. The van der Waals surface area contributed by atoms with Crippen molar-refractivity contribution in [2.24, 2.45) is 5.73 Å². The second kappa shape index (κ2) is 5.65. The first kappa shape index (κ1) is 9.88. The van der Waals surface area contributed by atoms with E-state index in [1.807, 2.05) is 0 Å². The van der Waals surface area contributed by atoms with E-state index in [0.717, 1.165) is 19.6 Å². The van der Waals surface area contributed by atoms with Gasteiger partial charge in [-0.1, -0.05) is 20.8 Å². The molecule has 0 saturated carbocycles. The van der Waals surface area contributed by atoms with Crippen LogP contribution in [0.15, 0.2) is 0 Å². The summed E-state index contributed by atoms with van der Waals surface area (Å²) in [4.78, 5) is 2.17. The largest absolute Gasteiger partial charge is 0.303 e. The molecule has 1 unspecified atom stereocenters. The number of rotatable bonds is 5. The van der Waals surface area contributed by atoms with E-state index in [2.05, 4.69) is 31.0 Å². The molecule has 0 saturated heterocycles. The van der Waals surface area contributed by atoms with Crippen LogP contribution in [-0.2, 0) is 0 Å². The third kappa shape index (κ3) is 3.15. The highest BCUT2D eigenvalue weighted by atomic mass is 15.3. The summed E-state index contributed by atoms with van der Waals surface area (Å²) in [7, 11) is 0. The Bertz CT molecular complexity index is 71.3. The van der Waals surface area contributed by atoms with Gasteiger partial charge in [-0.05, 0) is 19.6 Å². The van der Waals surface area contributed by atoms with Crippen molar-refractivity contribution >= 4 is 0 Å². The molecule has 0 aliphatic carbocycles. The zero-order chi connectivity index (χ0) is 7.98. The normalized spacial score (nSPS) is 14.1. The van der Waals surface area contributed by atoms with Crippen molar-refractivity contribution in [3.8, 4) is 0 Å². The number of hydrogen-bond acceptors (Lipinski definition) is 3. The van der Waals surface area contributed by atoms with E-state index in [9.17, 15) is 0 Å². The van der Waals surface area contributed by atoms with Crippen LogP contribution in [0.1, 0.15) is 20.8 Å². The zero-order valence-electron chi connectivity index (χ0n) is 7.22. The van der Waals surface area contributed by atoms with Crippen molar-refractivity contribution in [2.45, 2.75) is 27.1 Å². The first-order valence-electron chi connectivity index (χ1n) is 3.99. The Kier molecular flexibility index (Phi) is 5.58. The highest BCUT2D eigenvalue weighted by molar-refractivity contribution is 4.58. The van der Waals surface area contributed by atoms with Crippen molar-refractivity contribution < 1.29 is 0 Å². The van der Waals surface area contributed by atoms with Gasteiger partial charge in [-0.2, -0.15) is 0 Å². The van der Waals surface area contributed by atoms with Crippen LogP contribution in [0.25, 0.3) is 0 Å². The lowest BCUT2D eigenvalue weighted by atomic mass is 10.5. The van der Waals surface area contributed by atoms with Gasteiger partial charge < -0.3 is 5.73 Å². The van der Waals surface area contributed by atoms with Crippen LogP contribution in [0.2, 0.25) is 0 Å². The molecule has 3 nitrogen and oxygen atoms in total. The molecule has 0 heterocycles. The van der Waals surface area contributed by atoms with E-state index in [4.69, 9.17) is 5.73 Å². The maximum absolute atomic E-state index is 5.76. The molecule has 0 aromatic heterocycles. The molecular weight excluding hydrogens is 126 g/mol. The first-order chi connectivity index (χ1) is 4.76. The minimum atomic E-state index is 0.0278. The summed E-state index contributed by atoms with van der Waals surface area (Å²) >= 11 is 0. The molecule has 0 radical (unpaired) electrons. The van der Waals surface area contributed by atoms with Gasteiger partial charge in [0.1, 0.15) is 6.29 Å². The van der Waals surface area contributed by atoms with Crippen LogP contribution < -0.4 is 11.1 Å². The summed E-state index contributed by atoms with van der Waals surface area (Å²) in [5.74, 6) is 0. The second-order valence-corrected chi connectivity index (χ2v) is 2.22. The van der Waals surface area contributed by atoms with Crippen LogP contribution in [0.5, 0.6) is 0 Å². The molecule has 1 atom stereocenters. The molecule has 0 amide bonds. The van der Waals surface area contributed by atoms with E-state index < -0.39 is 0 Å². The standard InChI is InChI=1S/C7H19N3/c1-4-9-7(8)10(5-2)6-3/h7,9H,4-6,8H2,1-3H3. The van der Waals surface area contributed by atoms with E-state index >= 15 is 0 Å². The Hall–Kier alpha value is -0.120. The predicted octanol–water partition coefficient (Wildman–Crippen LogP) is 0.180. The second-order valence-electron chi connectivity index (χ2n) is 2.22. The molecule has 0 aromatic rings. The summed E-state index contributed by atoms with van der Waals surface area (Å²) in [6.45, 7) is 9.22. The van der Waals surface area contributed by atoms with Gasteiger partial charge in [0.2, 0.25) is 0 Å². The predicted molar refractivity (Wildman–Crippen MR) is 44.6 cm³/mol. The minimum Gasteiger partial charge on any atom is -0.303 e. The Morgan fingerprint density at radius 1 is 1.30 bits per heavy atom. The average molecular weight is 145 g/mol. The van der Waals surface area contributed by atoms with E-state index in [1.165, 1.54) is 0 Å². The van der Waals surface area contributed by atoms with Gasteiger partial charge in [-0.15, -0.1) is 0 Å². The van der Waals surface area contributed by atoms with E-state index in [-0.39, 0.29) is 6.29 Å². The van der Waals surface area contributed by atoms with Crippen molar-refractivity contribution in [3.63, 3.8) is 0 Å². The fraction of sp³-hybridized carbons (Fsp3) is 1.00. The quantitative estimate of drug-likeness (QED) is 0.542. The van der Waals surface area contributed by atoms with Crippen LogP contribution in [0.4, 0.5) is 0 Å². The maximum Gasteiger partial charge on any atom is 0.111 e. The van der Waals surface area contributed by atoms with Crippen LogP contribution in [0, 0.1) is 0 Å². The third-order valence-corrected chi connectivity index (χ3v) is 1.62. The molecular formula is C7H19N3. The molecule has 3 N–H and O–H groups in total. The van der Waals surface area contributed by atoms with Gasteiger partial charge in [-0.25, -0.2) is 0 Å². The third-order valence-electron chi connectivity index (χ3n) is 1.62. The summed E-state index contributed by atoms with van der Waals surface area (Å²) in [5, 5.41) is 3.15. The number of nitrogens with zero attached hydrogens (tertiary/aromatic N) is 1. The molecule has 0 aliphatic rings. The summed E-state index contributed by atoms with van der Waals surface area (Å²) in [6.07, 6.45) is 0.0278. The number of nitrogens with one attached hydrogen (secondary N) is 1. The van der Waals surface area contributed by atoms with Gasteiger partial charge in [0.05, 0.1) is 0 Å². The number of hydrogen-bond donors (Lipinski definition) is 2. The molecule has 0 spiro atoms. The van der Waals surface area contributed by atoms with Crippen LogP contribution >= 0.6 is 0 Å². The Balaban J connectivity index is 3.53. The van der Waals surface area contributed by atoms with Gasteiger partial charge in [0.25, 0.3) is 0 Å². The fourth-order valence-corrected chi connectivity index (χ4v) is 0.955. The Labute approximate surface area is 63.6 Å². The van der Waals surface area contributed by atoms with Crippen molar-refractivity contribution in [1.29, 1.82) is 0 Å².